The summed E-state index contributed by atoms with van der Waals surface area (Å²) < 4.78 is 14.0. The quantitative estimate of drug-likeness (QED) is 0.829. The number of nitrogen functional groups attached to an aromatic ring is 1. The summed E-state index contributed by atoms with van der Waals surface area (Å²) in [6.07, 6.45) is 2.29. The lowest BCUT2D eigenvalue weighted by atomic mass is 9.95. The molecule has 116 valence electrons. The Morgan fingerprint density at radius 2 is 1.86 bits per heavy atom. The first-order valence-electron chi connectivity index (χ1n) is 7.95. The second-order valence-electron chi connectivity index (χ2n) is 6.19. The number of piperidine rings is 1. The predicted octanol–water partition coefficient (Wildman–Crippen LogP) is 1.53. The highest BCUT2D eigenvalue weighted by atomic mass is 19.1. The van der Waals surface area contributed by atoms with Crippen LogP contribution in [-0.4, -0.2) is 50.7 Å². The molecule has 1 aromatic rings. The number of hydrogen-bond donors (Lipinski definition) is 2. The number of benzene rings is 1. The Kier molecular flexibility index (Phi) is 4.60. The van der Waals surface area contributed by atoms with Gasteiger partial charge in [-0.15, -0.1) is 0 Å². The van der Waals surface area contributed by atoms with Gasteiger partial charge in [0, 0.05) is 51.5 Å². The van der Waals surface area contributed by atoms with Crippen molar-refractivity contribution in [2.45, 2.75) is 12.8 Å². The van der Waals surface area contributed by atoms with Crippen LogP contribution >= 0.6 is 0 Å². The summed E-state index contributed by atoms with van der Waals surface area (Å²) in [6, 6.07) is 5.01. The van der Waals surface area contributed by atoms with Crippen molar-refractivity contribution in [1.82, 2.24) is 10.2 Å². The van der Waals surface area contributed by atoms with Gasteiger partial charge in [0.1, 0.15) is 5.82 Å². The number of anilines is 2. The summed E-state index contributed by atoms with van der Waals surface area (Å²) in [6.45, 7) is 7.61. The second-order valence-corrected chi connectivity index (χ2v) is 6.19. The molecule has 4 nitrogen and oxygen atoms in total. The summed E-state index contributed by atoms with van der Waals surface area (Å²) in [5.41, 5.74) is 6.80. The van der Waals surface area contributed by atoms with E-state index in [1.807, 2.05) is 0 Å². The van der Waals surface area contributed by atoms with Crippen LogP contribution in [0.4, 0.5) is 15.8 Å². The number of rotatable bonds is 3. The van der Waals surface area contributed by atoms with Crippen LogP contribution in [0.25, 0.3) is 0 Å². The third-order valence-electron chi connectivity index (χ3n) is 4.65. The van der Waals surface area contributed by atoms with Crippen LogP contribution in [0.2, 0.25) is 0 Å². The summed E-state index contributed by atoms with van der Waals surface area (Å²) in [5, 5.41) is 3.39. The highest BCUT2D eigenvalue weighted by Crippen LogP contribution is 2.27. The van der Waals surface area contributed by atoms with E-state index in [9.17, 15) is 4.39 Å². The van der Waals surface area contributed by atoms with Crippen LogP contribution in [0, 0.1) is 11.7 Å². The molecular formula is C16H25FN4. The molecule has 21 heavy (non-hydrogen) atoms. The normalized spacial score (nSPS) is 21.7. The maximum atomic E-state index is 14.0. The number of piperazine rings is 1. The Labute approximate surface area is 126 Å². The molecule has 0 aliphatic carbocycles. The highest BCUT2D eigenvalue weighted by molar-refractivity contribution is 5.54. The van der Waals surface area contributed by atoms with Crippen LogP contribution in [0.5, 0.6) is 0 Å². The average Bonchev–Trinajstić information content (AvgIpc) is 2.49. The first-order valence-corrected chi connectivity index (χ1v) is 7.95. The van der Waals surface area contributed by atoms with E-state index < -0.39 is 0 Å². The third-order valence-corrected chi connectivity index (χ3v) is 4.65. The second kappa shape index (κ2) is 6.62. The van der Waals surface area contributed by atoms with Gasteiger partial charge in [-0.3, -0.25) is 0 Å². The fourth-order valence-electron chi connectivity index (χ4n) is 3.39. The molecule has 3 N–H and O–H groups in total. The van der Waals surface area contributed by atoms with Crippen molar-refractivity contribution in [3.05, 3.63) is 24.0 Å². The average molecular weight is 292 g/mol. The van der Waals surface area contributed by atoms with Crippen molar-refractivity contribution >= 4 is 11.4 Å². The first-order chi connectivity index (χ1) is 10.2. The molecule has 0 saturated carbocycles. The van der Waals surface area contributed by atoms with Crippen LogP contribution in [0.15, 0.2) is 18.2 Å². The lowest BCUT2D eigenvalue weighted by Gasteiger charge is -2.37. The van der Waals surface area contributed by atoms with E-state index in [0.29, 0.717) is 11.4 Å². The van der Waals surface area contributed by atoms with Crippen molar-refractivity contribution in [2.24, 2.45) is 5.92 Å². The van der Waals surface area contributed by atoms with Gasteiger partial charge in [0.2, 0.25) is 0 Å². The molecule has 5 heteroatoms. The number of nitrogens with two attached hydrogens (primary N) is 1. The molecule has 2 fully saturated rings. The maximum Gasteiger partial charge on any atom is 0.148 e. The first kappa shape index (κ1) is 14.6. The van der Waals surface area contributed by atoms with Crippen molar-refractivity contribution in [3.8, 4) is 0 Å². The molecule has 2 heterocycles. The lowest BCUT2D eigenvalue weighted by molar-refractivity contribution is 0.190. The summed E-state index contributed by atoms with van der Waals surface area (Å²) in [7, 11) is 0. The molecule has 0 unspecified atom stereocenters. The van der Waals surface area contributed by atoms with Crippen molar-refractivity contribution in [2.75, 3.05) is 56.4 Å². The van der Waals surface area contributed by atoms with Gasteiger partial charge in [0.15, 0.2) is 0 Å². The SMILES string of the molecule is Nc1ccc(N2CCC(CN3CCNCC3)CC2)c(F)c1. The van der Waals surface area contributed by atoms with E-state index >= 15 is 0 Å². The van der Waals surface area contributed by atoms with E-state index in [1.54, 1.807) is 12.1 Å². The lowest BCUT2D eigenvalue weighted by Crippen LogP contribution is -2.47. The van der Waals surface area contributed by atoms with Crippen molar-refractivity contribution < 1.29 is 4.39 Å². The smallest absolute Gasteiger partial charge is 0.148 e. The number of nitrogens with one attached hydrogen (secondary N) is 1. The van der Waals surface area contributed by atoms with Gasteiger partial charge >= 0.3 is 0 Å². The van der Waals surface area contributed by atoms with Crippen LogP contribution in [0.1, 0.15) is 12.8 Å². The zero-order chi connectivity index (χ0) is 14.7. The van der Waals surface area contributed by atoms with Gasteiger partial charge in [-0.1, -0.05) is 0 Å². The van der Waals surface area contributed by atoms with Crippen LogP contribution < -0.4 is 16.0 Å². The number of nitrogens with zero attached hydrogens (tertiary/aromatic N) is 2. The predicted molar refractivity (Wildman–Crippen MR) is 85.1 cm³/mol. The van der Waals surface area contributed by atoms with E-state index in [0.717, 1.165) is 58.0 Å². The van der Waals surface area contributed by atoms with Gasteiger partial charge in [0.05, 0.1) is 5.69 Å². The van der Waals surface area contributed by atoms with Gasteiger partial charge in [0.25, 0.3) is 0 Å². The fraction of sp³-hybridized carbons (Fsp3) is 0.625. The summed E-state index contributed by atoms with van der Waals surface area (Å²) in [5.74, 6) is 0.548. The Balaban J connectivity index is 1.52. The Hall–Kier alpha value is -1.33. The zero-order valence-electron chi connectivity index (χ0n) is 12.5. The minimum atomic E-state index is -0.199. The minimum absolute atomic E-state index is 0.199. The molecule has 0 atom stereocenters. The molecule has 0 spiro atoms. The molecule has 0 amide bonds. The largest absolute Gasteiger partial charge is 0.399 e. The topological polar surface area (TPSA) is 44.5 Å². The molecule has 2 saturated heterocycles. The molecule has 3 rings (SSSR count). The Morgan fingerprint density at radius 3 is 2.52 bits per heavy atom. The molecule has 1 aromatic carbocycles. The Morgan fingerprint density at radius 1 is 1.14 bits per heavy atom. The molecule has 0 radical (unpaired) electrons. The fourth-order valence-corrected chi connectivity index (χ4v) is 3.39. The third kappa shape index (κ3) is 3.66. The molecule has 2 aliphatic rings. The standard InChI is InChI=1S/C16H25FN4/c17-15-11-14(18)1-2-16(15)21-7-3-13(4-8-21)12-20-9-5-19-6-10-20/h1-2,11,13,19H,3-10,12,18H2. The monoisotopic (exact) mass is 292 g/mol. The van der Waals surface area contributed by atoms with E-state index in [2.05, 4.69) is 15.1 Å². The van der Waals surface area contributed by atoms with Crippen molar-refractivity contribution in [3.63, 3.8) is 0 Å². The van der Waals surface area contributed by atoms with E-state index in [1.165, 1.54) is 12.6 Å². The van der Waals surface area contributed by atoms with Gasteiger partial charge < -0.3 is 20.9 Å². The van der Waals surface area contributed by atoms with Crippen LogP contribution in [-0.2, 0) is 0 Å². The zero-order valence-corrected chi connectivity index (χ0v) is 12.5. The van der Waals surface area contributed by atoms with E-state index in [-0.39, 0.29) is 5.82 Å². The summed E-state index contributed by atoms with van der Waals surface area (Å²) >= 11 is 0. The van der Waals surface area contributed by atoms with Crippen molar-refractivity contribution in [1.29, 1.82) is 0 Å². The van der Waals surface area contributed by atoms with E-state index in [4.69, 9.17) is 5.73 Å². The maximum absolute atomic E-state index is 14.0. The van der Waals surface area contributed by atoms with Crippen LogP contribution in [0.3, 0.4) is 0 Å². The number of hydrogen-bond acceptors (Lipinski definition) is 4. The van der Waals surface area contributed by atoms with Gasteiger partial charge in [-0.2, -0.15) is 0 Å². The number of halogens is 1. The minimum Gasteiger partial charge on any atom is -0.399 e. The van der Waals surface area contributed by atoms with Gasteiger partial charge in [-0.05, 0) is 37.0 Å². The molecule has 0 bridgehead atoms. The molecule has 0 aromatic heterocycles. The summed E-state index contributed by atoms with van der Waals surface area (Å²) in [4.78, 5) is 4.71. The molecule has 2 aliphatic heterocycles. The highest BCUT2D eigenvalue weighted by Gasteiger charge is 2.23. The molecular weight excluding hydrogens is 267 g/mol. The van der Waals surface area contributed by atoms with Gasteiger partial charge in [-0.25, -0.2) is 4.39 Å². The Bertz CT molecular complexity index is 465.